The van der Waals surface area contributed by atoms with Gasteiger partial charge < -0.3 is 9.80 Å². The number of rotatable bonds is 5. The molecule has 0 saturated carbocycles. The van der Waals surface area contributed by atoms with Gasteiger partial charge in [0, 0.05) is 19.3 Å². The van der Waals surface area contributed by atoms with Gasteiger partial charge in [-0.15, -0.1) is 16.4 Å². The topological polar surface area (TPSA) is 71.3 Å². The Balaban J connectivity index is 1.44. The lowest BCUT2D eigenvalue weighted by atomic mass is 10.2. The minimum absolute atomic E-state index is 0.0747. The normalized spacial score (nSPS) is 15.8. The van der Waals surface area contributed by atoms with Crippen LogP contribution in [0.4, 0.5) is 5.69 Å². The molecule has 1 saturated heterocycles. The van der Waals surface area contributed by atoms with Gasteiger partial charge in [0.25, 0.3) is 5.91 Å². The number of hydrogen-bond donors (Lipinski definition) is 0. The van der Waals surface area contributed by atoms with Crippen molar-refractivity contribution in [2.45, 2.75) is 12.5 Å². The lowest BCUT2D eigenvalue weighted by Crippen LogP contribution is -2.43. The molecule has 1 fully saturated rings. The largest absolute Gasteiger partial charge is 0.327 e. The Kier molecular flexibility index (Phi) is 5.28. The van der Waals surface area contributed by atoms with Crippen molar-refractivity contribution in [3.05, 3.63) is 84.0 Å². The molecule has 8 heteroatoms. The maximum absolute atomic E-state index is 13.3. The van der Waals surface area contributed by atoms with Crippen molar-refractivity contribution in [2.75, 3.05) is 18.5 Å². The molecule has 4 aromatic rings. The highest BCUT2D eigenvalue weighted by molar-refractivity contribution is 7.13. The molecule has 160 valence electrons. The van der Waals surface area contributed by atoms with Gasteiger partial charge in [0.2, 0.25) is 11.7 Å². The van der Waals surface area contributed by atoms with Gasteiger partial charge in [0.15, 0.2) is 5.82 Å². The fourth-order valence-corrected chi connectivity index (χ4v) is 4.60. The SMILES string of the molecule is CN(C(=O)c1nc(-c2cccs2)n(-c2ccccc2)n1)C1CCN(c2ccccc2)C1=O. The molecule has 0 spiro atoms. The third-order valence-corrected chi connectivity index (χ3v) is 6.44. The molecule has 2 aromatic carbocycles. The quantitative estimate of drug-likeness (QED) is 0.469. The Bertz CT molecular complexity index is 1240. The molecular weight excluding hydrogens is 422 g/mol. The van der Waals surface area contributed by atoms with Crippen LogP contribution in [0, 0.1) is 0 Å². The summed E-state index contributed by atoms with van der Waals surface area (Å²) in [5.74, 6) is 0.219. The summed E-state index contributed by atoms with van der Waals surface area (Å²) in [6.45, 7) is 0.567. The zero-order valence-electron chi connectivity index (χ0n) is 17.5. The fourth-order valence-electron chi connectivity index (χ4n) is 3.90. The van der Waals surface area contributed by atoms with Crippen molar-refractivity contribution in [3.8, 4) is 16.4 Å². The summed E-state index contributed by atoms with van der Waals surface area (Å²) >= 11 is 1.53. The van der Waals surface area contributed by atoms with Crippen molar-refractivity contribution < 1.29 is 9.59 Å². The number of hydrogen-bond acceptors (Lipinski definition) is 5. The van der Waals surface area contributed by atoms with Crippen LogP contribution in [0.15, 0.2) is 78.2 Å². The van der Waals surface area contributed by atoms with Gasteiger partial charge in [-0.25, -0.2) is 9.67 Å². The van der Waals surface area contributed by atoms with Crippen LogP contribution < -0.4 is 4.90 Å². The Morgan fingerprint density at radius 2 is 1.69 bits per heavy atom. The van der Waals surface area contributed by atoms with Crippen LogP contribution >= 0.6 is 11.3 Å². The van der Waals surface area contributed by atoms with E-state index in [2.05, 4.69) is 10.1 Å². The number of carbonyl (C=O) groups excluding carboxylic acids is 2. The van der Waals surface area contributed by atoms with Gasteiger partial charge in [-0.2, -0.15) is 0 Å². The van der Waals surface area contributed by atoms with Crippen molar-refractivity contribution in [2.24, 2.45) is 0 Å². The van der Waals surface area contributed by atoms with Gasteiger partial charge in [-0.05, 0) is 42.1 Å². The molecule has 5 rings (SSSR count). The zero-order chi connectivity index (χ0) is 22.1. The molecule has 7 nitrogen and oxygen atoms in total. The highest BCUT2D eigenvalue weighted by Crippen LogP contribution is 2.27. The zero-order valence-corrected chi connectivity index (χ0v) is 18.3. The van der Waals surface area contributed by atoms with Crippen LogP contribution in [-0.2, 0) is 4.79 Å². The molecule has 0 bridgehead atoms. The van der Waals surface area contributed by atoms with E-state index in [9.17, 15) is 9.59 Å². The van der Waals surface area contributed by atoms with Crippen molar-refractivity contribution in [3.63, 3.8) is 0 Å². The molecule has 1 aliphatic heterocycles. The minimum Gasteiger partial charge on any atom is -0.327 e. The van der Waals surface area contributed by atoms with Crippen LogP contribution in [0.5, 0.6) is 0 Å². The molecule has 1 unspecified atom stereocenters. The number of nitrogens with zero attached hydrogens (tertiary/aromatic N) is 5. The monoisotopic (exact) mass is 443 g/mol. The number of anilines is 1. The van der Waals surface area contributed by atoms with Crippen LogP contribution in [-0.4, -0.2) is 51.1 Å². The first-order chi connectivity index (χ1) is 15.6. The molecule has 1 aliphatic rings. The summed E-state index contributed by atoms with van der Waals surface area (Å²) in [6, 6.07) is 22.5. The molecular formula is C24H21N5O2S. The smallest absolute Gasteiger partial charge is 0.293 e. The number of para-hydroxylation sites is 2. The number of thiophene rings is 1. The summed E-state index contributed by atoms with van der Waals surface area (Å²) in [7, 11) is 1.65. The standard InChI is InChI=1S/C24H21N5O2S/c1-27(19-14-15-28(23(19)30)17-9-4-2-5-10-17)24(31)21-25-22(20-13-8-16-32-20)29(26-21)18-11-6-3-7-12-18/h2-13,16,19H,14-15H2,1H3. The first-order valence-electron chi connectivity index (χ1n) is 10.3. The van der Waals surface area contributed by atoms with Crippen LogP contribution in [0.3, 0.4) is 0 Å². The predicted octanol–water partition coefficient (Wildman–Crippen LogP) is 3.87. The molecule has 0 radical (unpaired) electrons. The molecule has 32 heavy (non-hydrogen) atoms. The Hall–Kier alpha value is -3.78. The summed E-state index contributed by atoms with van der Waals surface area (Å²) in [5, 5.41) is 6.49. The lowest BCUT2D eigenvalue weighted by Gasteiger charge is -2.23. The van der Waals surface area contributed by atoms with E-state index in [1.165, 1.54) is 16.2 Å². The maximum Gasteiger partial charge on any atom is 0.293 e. The molecule has 3 heterocycles. The highest BCUT2D eigenvalue weighted by Gasteiger charge is 2.38. The number of aromatic nitrogens is 3. The second-order valence-corrected chi connectivity index (χ2v) is 8.48. The maximum atomic E-state index is 13.3. The van der Waals surface area contributed by atoms with E-state index < -0.39 is 6.04 Å². The second kappa shape index (κ2) is 8.39. The summed E-state index contributed by atoms with van der Waals surface area (Å²) in [6.07, 6.45) is 0.563. The van der Waals surface area contributed by atoms with Crippen molar-refractivity contribution >= 4 is 28.8 Å². The Morgan fingerprint density at radius 1 is 1.00 bits per heavy atom. The number of carbonyl (C=O) groups is 2. The van der Waals surface area contributed by atoms with E-state index in [1.54, 1.807) is 16.6 Å². The molecule has 0 aliphatic carbocycles. The number of likely N-dealkylation sites (N-methyl/N-ethyl adjacent to an activating group) is 1. The van der Waals surface area contributed by atoms with E-state index in [0.717, 1.165) is 16.3 Å². The molecule has 2 amide bonds. The first kappa shape index (κ1) is 20.1. The second-order valence-electron chi connectivity index (χ2n) is 7.53. The van der Waals surface area contributed by atoms with E-state index in [1.807, 2.05) is 78.2 Å². The van der Waals surface area contributed by atoms with Crippen molar-refractivity contribution in [1.82, 2.24) is 19.7 Å². The summed E-state index contributed by atoms with van der Waals surface area (Å²) < 4.78 is 1.68. The molecule has 0 N–H and O–H groups in total. The number of amides is 2. The lowest BCUT2D eigenvalue weighted by molar-refractivity contribution is -0.120. The number of benzene rings is 2. The van der Waals surface area contributed by atoms with Crippen LogP contribution in [0.25, 0.3) is 16.4 Å². The van der Waals surface area contributed by atoms with Gasteiger partial charge in [-0.3, -0.25) is 9.59 Å². The van der Waals surface area contributed by atoms with E-state index in [-0.39, 0.29) is 17.6 Å². The van der Waals surface area contributed by atoms with Gasteiger partial charge >= 0.3 is 0 Å². The third-order valence-electron chi connectivity index (χ3n) is 5.57. The molecule has 2 aromatic heterocycles. The fraction of sp³-hybridized carbons (Fsp3) is 0.167. The first-order valence-corrected chi connectivity index (χ1v) is 11.2. The Labute approximate surface area is 189 Å². The van der Waals surface area contributed by atoms with Gasteiger partial charge in [0.1, 0.15) is 6.04 Å². The average Bonchev–Trinajstić information content (AvgIpc) is 3.59. The summed E-state index contributed by atoms with van der Waals surface area (Å²) in [5.41, 5.74) is 1.66. The predicted molar refractivity (Wildman–Crippen MR) is 124 cm³/mol. The van der Waals surface area contributed by atoms with Gasteiger partial charge in [-0.1, -0.05) is 42.5 Å². The van der Waals surface area contributed by atoms with E-state index in [0.29, 0.717) is 18.8 Å². The minimum atomic E-state index is -0.545. The van der Waals surface area contributed by atoms with Crippen LogP contribution in [0.1, 0.15) is 17.0 Å². The summed E-state index contributed by atoms with van der Waals surface area (Å²) in [4.78, 5) is 35.0. The Morgan fingerprint density at radius 3 is 2.34 bits per heavy atom. The van der Waals surface area contributed by atoms with Crippen LogP contribution in [0.2, 0.25) is 0 Å². The third kappa shape index (κ3) is 3.58. The van der Waals surface area contributed by atoms with Crippen molar-refractivity contribution in [1.29, 1.82) is 0 Å². The van der Waals surface area contributed by atoms with Gasteiger partial charge in [0.05, 0.1) is 10.6 Å². The van der Waals surface area contributed by atoms with E-state index >= 15 is 0 Å². The van der Waals surface area contributed by atoms with E-state index in [4.69, 9.17) is 0 Å². The highest BCUT2D eigenvalue weighted by atomic mass is 32.1. The average molecular weight is 444 g/mol. The molecule has 1 atom stereocenters.